The molecule has 0 radical (unpaired) electrons. The maximum Gasteiger partial charge on any atom is 0.330 e. The molecule has 3 rings (SSSR count). The number of amides is 1. The van der Waals surface area contributed by atoms with E-state index in [0.29, 0.717) is 38.8 Å². The first-order chi connectivity index (χ1) is 23.7. The van der Waals surface area contributed by atoms with Gasteiger partial charge in [0.25, 0.3) is 0 Å². The SMILES string of the molecule is CCOP(=O)(CCC/N=C/C=C(/C=Cc1ccc2c(c1)CCCN2CCC(=O)NC(C)CCCN(CC)CC)c1ccccc1C)OCC. The number of fused-ring (bicyclic) bond motifs is 1. The molecule has 0 spiro atoms. The largest absolute Gasteiger partial charge is 0.371 e. The molecule has 0 fully saturated rings. The van der Waals surface area contributed by atoms with E-state index in [1.165, 1.54) is 16.8 Å². The van der Waals surface area contributed by atoms with Crippen molar-refractivity contribution in [2.45, 2.75) is 86.1 Å². The minimum absolute atomic E-state index is 0.136. The molecule has 1 heterocycles. The summed E-state index contributed by atoms with van der Waals surface area (Å²) >= 11 is 0. The molecule has 1 unspecified atom stereocenters. The van der Waals surface area contributed by atoms with Gasteiger partial charge in [-0.15, -0.1) is 0 Å². The molecule has 0 aliphatic carbocycles. The normalized spacial score (nSPS) is 14.6. The summed E-state index contributed by atoms with van der Waals surface area (Å²) in [5.74, 6) is 0.136. The van der Waals surface area contributed by atoms with E-state index in [0.717, 1.165) is 75.1 Å². The van der Waals surface area contributed by atoms with Crippen molar-refractivity contribution in [3.63, 3.8) is 0 Å². The molecule has 9 heteroatoms. The van der Waals surface area contributed by atoms with E-state index in [-0.39, 0.29) is 11.9 Å². The van der Waals surface area contributed by atoms with Crippen LogP contribution in [0.25, 0.3) is 11.6 Å². The molecule has 2 aromatic carbocycles. The van der Waals surface area contributed by atoms with Gasteiger partial charge in [-0.2, -0.15) is 0 Å². The minimum atomic E-state index is -3.04. The highest BCUT2D eigenvalue weighted by Gasteiger charge is 2.22. The average Bonchev–Trinajstić information content (AvgIpc) is 3.09. The maximum atomic E-state index is 12.8. The van der Waals surface area contributed by atoms with E-state index < -0.39 is 7.60 Å². The fourth-order valence-electron chi connectivity index (χ4n) is 6.29. The molecule has 270 valence electrons. The Kier molecular flexibility index (Phi) is 18.1. The van der Waals surface area contributed by atoms with Crippen molar-refractivity contribution >= 4 is 37.1 Å². The lowest BCUT2D eigenvalue weighted by Gasteiger charge is -2.31. The summed E-state index contributed by atoms with van der Waals surface area (Å²) in [6, 6.07) is 15.2. The molecule has 8 nitrogen and oxygen atoms in total. The highest BCUT2D eigenvalue weighted by atomic mass is 31.2. The van der Waals surface area contributed by atoms with Crippen LogP contribution in [0.15, 0.2) is 59.6 Å². The molecule has 1 aliphatic heterocycles. The number of nitrogens with one attached hydrogen (secondary N) is 1. The van der Waals surface area contributed by atoms with Crippen LogP contribution < -0.4 is 10.2 Å². The third-order valence-corrected chi connectivity index (χ3v) is 11.1. The molecule has 0 saturated carbocycles. The smallest absolute Gasteiger partial charge is 0.330 e. The van der Waals surface area contributed by atoms with E-state index in [1.807, 2.05) is 26.1 Å². The predicted molar refractivity (Wildman–Crippen MR) is 208 cm³/mol. The molecule has 2 aromatic rings. The predicted octanol–water partition coefficient (Wildman–Crippen LogP) is 8.59. The quantitative estimate of drug-likeness (QED) is 0.0576. The fourth-order valence-corrected chi connectivity index (χ4v) is 7.94. The molecule has 1 aliphatic rings. The summed E-state index contributed by atoms with van der Waals surface area (Å²) < 4.78 is 23.5. The van der Waals surface area contributed by atoms with Crippen LogP contribution in [-0.4, -0.2) is 81.7 Å². The van der Waals surface area contributed by atoms with Crippen LogP contribution in [0.5, 0.6) is 0 Å². The first-order valence-electron chi connectivity index (χ1n) is 18.4. The summed E-state index contributed by atoms with van der Waals surface area (Å²) in [5.41, 5.74) is 7.14. The van der Waals surface area contributed by atoms with Gasteiger partial charge in [0, 0.05) is 44.0 Å². The number of aryl methyl sites for hydroxylation is 2. The van der Waals surface area contributed by atoms with Gasteiger partial charge in [-0.3, -0.25) is 14.4 Å². The van der Waals surface area contributed by atoms with Crippen molar-refractivity contribution in [3.05, 3.63) is 76.9 Å². The number of nitrogens with zero attached hydrogens (tertiary/aromatic N) is 3. The first kappa shape index (κ1) is 40.4. The van der Waals surface area contributed by atoms with Crippen LogP contribution in [0, 0.1) is 6.92 Å². The van der Waals surface area contributed by atoms with Crippen molar-refractivity contribution in [2.75, 3.05) is 63.5 Å². The standard InChI is InChI=1S/C40H61N4O4P/c1-7-43(8-2)28-13-17-34(6)42-40(45)25-30-44-29-14-18-37-32-35(21-23-39(37)44)20-22-36(38-19-12-11-16-33(38)5)24-27-41-26-15-31-49(46,47-9-3)48-10-4/h11-12,16,19-24,27,32,34H,7-10,13-15,17-18,25-26,28-31H2,1-6H3,(H,42,45)/b22-20?,36-24-,41-27+. The molecule has 1 atom stereocenters. The highest BCUT2D eigenvalue weighted by molar-refractivity contribution is 7.53. The second-order valence-electron chi connectivity index (χ2n) is 12.7. The Bertz CT molecular complexity index is 1430. The van der Waals surface area contributed by atoms with Crippen LogP contribution in [0.4, 0.5) is 5.69 Å². The van der Waals surface area contributed by atoms with E-state index >= 15 is 0 Å². The van der Waals surface area contributed by atoms with Gasteiger partial charge in [0.1, 0.15) is 0 Å². The van der Waals surface area contributed by atoms with Crippen LogP contribution in [-0.2, 0) is 24.8 Å². The lowest BCUT2D eigenvalue weighted by atomic mass is 9.97. The number of rotatable bonds is 22. The van der Waals surface area contributed by atoms with E-state index in [1.54, 1.807) is 0 Å². The zero-order valence-corrected chi connectivity index (χ0v) is 31.9. The summed E-state index contributed by atoms with van der Waals surface area (Å²) in [4.78, 5) is 22.2. The van der Waals surface area contributed by atoms with Gasteiger partial charge in [-0.05, 0) is 125 Å². The second-order valence-corrected chi connectivity index (χ2v) is 14.9. The summed E-state index contributed by atoms with van der Waals surface area (Å²) in [5, 5.41) is 3.22. The number of hydrogen-bond acceptors (Lipinski definition) is 7. The molecule has 1 amide bonds. The number of carbonyl (C=O) groups excluding carboxylic acids is 1. The van der Waals surface area contributed by atoms with Gasteiger partial charge < -0.3 is 24.2 Å². The van der Waals surface area contributed by atoms with Crippen molar-refractivity contribution in [3.8, 4) is 0 Å². The van der Waals surface area contributed by atoms with Crippen LogP contribution >= 0.6 is 7.60 Å². The van der Waals surface area contributed by atoms with Crippen LogP contribution in [0.1, 0.15) is 89.0 Å². The third-order valence-electron chi connectivity index (χ3n) is 8.98. The monoisotopic (exact) mass is 692 g/mol. The Balaban J connectivity index is 1.61. The van der Waals surface area contributed by atoms with Gasteiger partial charge in [-0.25, -0.2) is 0 Å². The maximum absolute atomic E-state index is 12.8. The topological polar surface area (TPSA) is 83.5 Å². The molecular formula is C40H61N4O4P. The zero-order chi connectivity index (χ0) is 35.5. The summed E-state index contributed by atoms with van der Waals surface area (Å²) in [6.45, 7) is 18.5. The van der Waals surface area contributed by atoms with Crippen LogP contribution in [0.2, 0.25) is 0 Å². The van der Waals surface area contributed by atoms with E-state index in [2.05, 4.69) is 102 Å². The lowest BCUT2D eigenvalue weighted by Crippen LogP contribution is -2.37. The average molecular weight is 693 g/mol. The Morgan fingerprint density at radius 3 is 2.55 bits per heavy atom. The summed E-state index contributed by atoms with van der Waals surface area (Å²) in [6.07, 6.45) is 13.9. The Hall–Kier alpha value is -3.03. The van der Waals surface area contributed by atoms with Crippen molar-refractivity contribution in [1.82, 2.24) is 10.2 Å². The van der Waals surface area contributed by atoms with Gasteiger partial charge in [0.2, 0.25) is 5.91 Å². The van der Waals surface area contributed by atoms with Crippen molar-refractivity contribution < 1.29 is 18.4 Å². The summed E-state index contributed by atoms with van der Waals surface area (Å²) in [7, 11) is -3.04. The second kappa shape index (κ2) is 21.9. The lowest BCUT2D eigenvalue weighted by molar-refractivity contribution is -0.121. The van der Waals surface area contributed by atoms with Crippen LogP contribution in [0.3, 0.4) is 0 Å². The number of hydrogen-bond donors (Lipinski definition) is 1. The number of allylic oxidation sites excluding steroid dienone is 3. The van der Waals surface area contributed by atoms with E-state index in [9.17, 15) is 9.36 Å². The molecule has 0 saturated heterocycles. The van der Waals surface area contributed by atoms with E-state index in [4.69, 9.17) is 9.05 Å². The number of anilines is 1. The van der Waals surface area contributed by atoms with Crippen molar-refractivity contribution in [1.29, 1.82) is 0 Å². The van der Waals surface area contributed by atoms with Gasteiger partial charge in [-0.1, -0.05) is 56.3 Å². The highest BCUT2D eigenvalue weighted by Crippen LogP contribution is 2.48. The molecular weight excluding hydrogens is 631 g/mol. The van der Waals surface area contributed by atoms with Gasteiger partial charge >= 0.3 is 7.60 Å². The minimum Gasteiger partial charge on any atom is -0.371 e. The Morgan fingerprint density at radius 1 is 1.08 bits per heavy atom. The molecule has 0 aromatic heterocycles. The van der Waals surface area contributed by atoms with Gasteiger partial charge in [0.15, 0.2) is 0 Å². The van der Waals surface area contributed by atoms with Crippen molar-refractivity contribution in [2.24, 2.45) is 4.99 Å². The first-order valence-corrected chi connectivity index (χ1v) is 20.2. The third kappa shape index (κ3) is 14.0. The zero-order valence-electron chi connectivity index (χ0n) is 31.0. The molecule has 1 N–H and O–H groups in total. The number of aliphatic imine (C=N–C) groups is 1. The Morgan fingerprint density at radius 2 is 1.84 bits per heavy atom. The molecule has 49 heavy (non-hydrogen) atoms. The fraction of sp³-hybridized carbons (Fsp3) is 0.550. The van der Waals surface area contributed by atoms with Gasteiger partial charge in [0.05, 0.1) is 19.4 Å². The Labute approximate surface area is 296 Å². The number of benzene rings is 2. The molecule has 0 bridgehead atoms. The number of carbonyl (C=O) groups is 1.